The summed E-state index contributed by atoms with van der Waals surface area (Å²) in [5, 5.41) is 17.2. The second kappa shape index (κ2) is 17.7. The molecule has 13 heteroatoms. The maximum Gasteiger partial charge on any atom is 2.00 e. The molecule has 0 amide bonds. The summed E-state index contributed by atoms with van der Waals surface area (Å²) < 4.78 is 18.9. The molecule has 4 N–H and O–H groups in total. The summed E-state index contributed by atoms with van der Waals surface area (Å²) in [7, 11) is 0. The van der Waals surface area contributed by atoms with Crippen molar-refractivity contribution in [2.24, 2.45) is 0 Å². The van der Waals surface area contributed by atoms with Crippen LogP contribution in [0.15, 0.2) is 48.5 Å². The second-order valence-corrected chi connectivity index (χ2v) is 7.05. The Balaban J connectivity index is 0.000000682. The minimum absolute atomic E-state index is 0. The van der Waals surface area contributed by atoms with E-state index in [9.17, 15) is 19.2 Å². The number of aliphatic carboxylic acids is 2. The summed E-state index contributed by atoms with van der Waals surface area (Å²) in [5.41, 5.74) is 15.9. The fourth-order valence-electron chi connectivity index (χ4n) is 2.52. The van der Waals surface area contributed by atoms with Gasteiger partial charge in [-0.15, -0.1) is 0 Å². The van der Waals surface area contributed by atoms with Crippen LogP contribution < -0.4 is 9.47 Å². The molecule has 0 saturated heterocycles. The first kappa shape index (κ1) is 33.4. The summed E-state index contributed by atoms with van der Waals surface area (Å²) in [6, 6.07) is 10.2. The zero-order valence-corrected chi connectivity index (χ0v) is 21.0. The number of benzene rings is 2. The summed E-state index contributed by atoms with van der Waals surface area (Å²) in [6.45, 7) is 3.81. The Bertz CT molecular complexity index is 918. The molecule has 0 saturated carbocycles. The van der Waals surface area contributed by atoms with Crippen molar-refractivity contribution in [2.45, 2.75) is 38.8 Å². The number of hydrogen-bond donors (Lipinski definition) is 2. The van der Waals surface area contributed by atoms with Crippen molar-refractivity contribution in [3.05, 3.63) is 71.1 Å². The topological polar surface area (TPSA) is 193 Å². The van der Waals surface area contributed by atoms with Crippen LogP contribution in [0.4, 0.5) is 9.59 Å². The summed E-state index contributed by atoms with van der Waals surface area (Å²) in [6.07, 6.45) is -1.35. The van der Waals surface area contributed by atoms with Gasteiger partial charge in [0.25, 0.3) is 11.9 Å². The Morgan fingerprint density at radius 3 is 1.22 bits per heavy atom. The zero-order valence-electron chi connectivity index (χ0n) is 20.1. The number of hydrogen-bond acceptors (Lipinski definition) is 8. The van der Waals surface area contributed by atoms with E-state index in [2.05, 4.69) is 9.47 Å². The second-order valence-electron chi connectivity index (χ2n) is 7.05. The van der Waals surface area contributed by atoms with E-state index in [0.29, 0.717) is 22.6 Å². The fourth-order valence-corrected chi connectivity index (χ4v) is 2.52. The van der Waals surface area contributed by atoms with Crippen LogP contribution in [0.2, 0.25) is 0 Å². The quantitative estimate of drug-likeness (QED) is 0.234. The van der Waals surface area contributed by atoms with E-state index in [1.54, 1.807) is 38.1 Å². The van der Waals surface area contributed by atoms with Gasteiger partial charge in [-0.25, -0.2) is 9.59 Å². The molecule has 12 nitrogen and oxygen atoms in total. The third-order valence-corrected chi connectivity index (χ3v) is 4.25. The SMILES string of the molecule is CCOC(=O)Oc1ccc(CC([NH-])C(=O)O)cc1.CCOC(=O)Oc1ccc(CC([NH-])C(=O)O)cc1.[Cu+2]. The van der Waals surface area contributed by atoms with Gasteiger partial charge in [-0.3, -0.25) is 9.59 Å². The van der Waals surface area contributed by atoms with Gasteiger partial charge in [0.2, 0.25) is 0 Å². The van der Waals surface area contributed by atoms with E-state index in [4.69, 9.17) is 31.2 Å². The van der Waals surface area contributed by atoms with E-state index in [1.165, 1.54) is 24.3 Å². The summed E-state index contributed by atoms with van der Waals surface area (Å²) in [4.78, 5) is 43.1. The van der Waals surface area contributed by atoms with E-state index in [-0.39, 0.29) is 43.1 Å². The maximum atomic E-state index is 11.0. The van der Waals surface area contributed by atoms with Crippen LogP contribution in [-0.4, -0.2) is 59.8 Å². The summed E-state index contributed by atoms with van der Waals surface area (Å²) >= 11 is 0. The molecule has 0 aliphatic carbocycles. The Morgan fingerprint density at radius 2 is 0.973 bits per heavy atom. The molecule has 205 valence electrons. The first-order valence-electron chi connectivity index (χ1n) is 10.8. The van der Waals surface area contributed by atoms with Gasteiger partial charge in [0.15, 0.2) is 0 Å². The molecule has 37 heavy (non-hydrogen) atoms. The molecule has 0 spiro atoms. The van der Waals surface area contributed by atoms with Gasteiger partial charge in [-0.05, 0) is 74.2 Å². The van der Waals surface area contributed by atoms with Gasteiger partial charge in [0.05, 0.1) is 13.2 Å². The van der Waals surface area contributed by atoms with E-state index < -0.39 is 36.3 Å². The Labute approximate surface area is 224 Å². The van der Waals surface area contributed by atoms with Gasteiger partial charge in [0, 0.05) is 0 Å². The van der Waals surface area contributed by atoms with Crippen molar-refractivity contribution >= 4 is 24.2 Å². The molecular formula is C24H28CuN2O10. The smallest absolute Gasteiger partial charge is 0.665 e. The van der Waals surface area contributed by atoms with Crippen molar-refractivity contribution in [1.29, 1.82) is 0 Å². The van der Waals surface area contributed by atoms with Gasteiger partial charge in [-0.2, -0.15) is 0 Å². The fraction of sp³-hybridized carbons (Fsp3) is 0.333. The Hall–Kier alpha value is -3.64. The van der Waals surface area contributed by atoms with Crippen molar-refractivity contribution in [3.63, 3.8) is 0 Å². The monoisotopic (exact) mass is 567 g/mol. The zero-order chi connectivity index (χ0) is 27.1. The number of rotatable bonds is 10. The predicted octanol–water partition coefficient (Wildman–Crippen LogP) is 4.54. The molecule has 0 fully saturated rings. The van der Waals surface area contributed by atoms with Gasteiger partial charge < -0.3 is 40.6 Å². The molecule has 0 heterocycles. The first-order valence-corrected chi connectivity index (χ1v) is 10.8. The van der Waals surface area contributed by atoms with Crippen LogP contribution in [0.5, 0.6) is 11.5 Å². The third-order valence-electron chi connectivity index (χ3n) is 4.25. The van der Waals surface area contributed by atoms with Gasteiger partial charge in [0.1, 0.15) is 11.5 Å². The molecular weight excluding hydrogens is 540 g/mol. The summed E-state index contributed by atoms with van der Waals surface area (Å²) in [5.74, 6) is -1.70. The van der Waals surface area contributed by atoms with Gasteiger partial charge in [-0.1, -0.05) is 24.3 Å². The minimum Gasteiger partial charge on any atom is -0.665 e. The van der Waals surface area contributed by atoms with Crippen LogP contribution in [0.25, 0.3) is 11.5 Å². The van der Waals surface area contributed by atoms with Crippen LogP contribution >= 0.6 is 0 Å². The molecule has 2 rings (SSSR count). The molecule has 1 radical (unpaired) electrons. The predicted molar refractivity (Wildman–Crippen MR) is 127 cm³/mol. The van der Waals surface area contributed by atoms with Crippen LogP contribution in [-0.2, 0) is 49.0 Å². The van der Waals surface area contributed by atoms with Crippen LogP contribution in [0, 0.1) is 0 Å². The van der Waals surface area contributed by atoms with Crippen molar-refractivity contribution in [3.8, 4) is 11.5 Å². The van der Waals surface area contributed by atoms with E-state index >= 15 is 0 Å². The number of ether oxygens (including phenoxy) is 4. The number of carboxylic acids is 2. The minimum atomic E-state index is -1.19. The Kier molecular flexibility index (Phi) is 16.0. The van der Waals surface area contributed by atoms with Crippen LogP contribution in [0.3, 0.4) is 0 Å². The van der Waals surface area contributed by atoms with Crippen molar-refractivity contribution in [2.75, 3.05) is 13.2 Å². The largest absolute Gasteiger partial charge is 2.00 e. The van der Waals surface area contributed by atoms with Crippen molar-refractivity contribution < 1.29 is 65.4 Å². The average Bonchev–Trinajstić information content (AvgIpc) is 2.82. The number of carboxylic acid groups (broad SMARTS) is 2. The van der Waals surface area contributed by atoms with Crippen LogP contribution in [0.1, 0.15) is 25.0 Å². The Morgan fingerprint density at radius 1 is 0.676 bits per heavy atom. The molecule has 2 aromatic carbocycles. The maximum absolute atomic E-state index is 11.0. The number of carbonyl (C=O) groups excluding carboxylic acids is 2. The normalized spacial score (nSPS) is 11.4. The molecule has 2 atom stereocenters. The molecule has 0 bridgehead atoms. The number of carbonyl (C=O) groups is 4. The molecule has 2 aromatic rings. The number of nitrogens with one attached hydrogen (secondary N) is 2. The third kappa shape index (κ3) is 13.9. The average molecular weight is 568 g/mol. The van der Waals surface area contributed by atoms with E-state index in [1.807, 2.05) is 0 Å². The molecule has 0 aliphatic rings. The van der Waals surface area contributed by atoms with Gasteiger partial charge >= 0.3 is 29.4 Å². The molecule has 2 unspecified atom stereocenters. The molecule has 0 aliphatic heterocycles. The molecule has 0 aromatic heterocycles. The van der Waals surface area contributed by atoms with E-state index in [0.717, 1.165) is 0 Å². The first-order chi connectivity index (χ1) is 17.0. The van der Waals surface area contributed by atoms with Crippen molar-refractivity contribution in [1.82, 2.24) is 0 Å². The standard InChI is InChI=1S/2C12H14NO5.Cu/c2*1-2-17-12(16)18-9-5-3-8(4-6-9)7-10(13)11(14)15;/h2*3-6,10,13H,2,7H2,1H3,(H,14,15);/q2*-1;+2.